The Balaban J connectivity index is 1.74. The van der Waals surface area contributed by atoms with E-state index in [1.54, 1.807) is 0 Å². The summed E-state index contributed by atoms with van der Waals surface area (Å²) >= 11 is 11.9. The number of nitrogens with one attached hydrogen (secondary N) is 2. The number of pyridine rings is 1. The molecule has 0 saturated heterocycles. The number of carboxylic acids is 1. The number of anilines is 2. The summed E-state index contributed by atoms with van der Waals surface area (Å²) in [4.78, 5) is 27.8. The van der Waals surface area contributed by atoms with Gasteiger partial charge in [0, 0.05) is 30.4 Å². The predicted octanol–water partition coefficient (Wildman–Crippen LogP) is 5.30. The van der Waals surface area contributed by atoms with E-state index >= 15 is 0 Å². The van der Waals surface area contributed by atoms with Crippen LogP contribution < -0.4 is 10.6 Å². The van der Waals surface area contributed by atoms with Crippen LogP contribution in [0.15, 0.2) is 42.7 Å². The third-order valence-corrected chi connectivity index (χ3v) is 5.05. The van der Waals surface area contributed by atoms with Crippen molar-refractivity contribution in [2.75, 3.05) is 10.6 Å². The number of carbonyl (C=O) groups excluding carboxylic acids is 1. The molecule has 0 aliphatic carbocycles. The SMILES string of the molecule is O=C(Nc1c(Cl)cncc1Cl)c1ccc(CC(Nc2cc(F)c(F)c(F)c2F)C(=O)O)cc1. The lowest BCUT2D eigenvalue weighted by atomic mass is 10.0. The monoisotopic (exact) mass is 501 g/mol. The molecule has 0 spiro atoms. The summed E-state index contributed by atoms with van der Waals surface area (Å²) in [5.74, 6) is -9.50. The predicted molar refractivity (Wildman–Crippen MR) is 114 cm³/mol. The third-order valence-electron chi connectivity index (χ3n) is 4.48. The van der Waals surface area contributed by atoms with Crippen LogP contribution >= 0.6 is 23.2 Å². The van der Waals surface area contributed by atoms with Gasteiger partial charge in [-0.3, -0.25) is 9.78 Å². The van der Waals surface area contributed by atoms with E-state index in [-0.39, 0.29) is 27.7 Å². The third kappa shape index (κ3) is 5.52. The van der Waals surface area contributed by atoms with Crippen molar-refractivity contribution in [3.05, 3.63) is 87.2 Å². The van der Waals surface area contributed by atoms with Crippen LogP contribution in [0.5, 0.6) is 0 Å². The molecular formula is C21H13Cl2F4N3O3. The number of aromatic nitrogens is 1. The first-order valence-corrected chi connectivity index (χ1v) is 9.85. The molecule has 3 N–H and O–H groups in total. The molecule has 1 amide bonds. The molecule has 0 bridgehead atoms. The minimum Gasteiger partial charge on any atom is -0.480 e. The van der Waals surface area contributed by atoms with Crippen LogP contribution in [0.2, 0.25) is 10.0 Å². The number of nitrogens with zero attached hydrogens (tertiary/aromatic N) is 1. The fraction of sp³-hybridized carbons (Fsp3) is 0.0952. The zero-order chi connectivity index (χ0) is 24.3. The van der Waals surface area contributed by atoms with E-state index in [4.69, 9.17) is 23.2 Å². The highest BCUT2D eigenvalue weighted by Gasteiger charge is 2.24. The van der Waals surface area contributed by atoms with Gasteiger partial charge < -0.3 is 15.7 Å². The Morgan fingerprint density at radius 3 is 2.15 bits per heavy atom. The smallest absolute Gasteiger partial charge is 0.326 e. The van der Waals surface area contributed by atoms with Crippen molar-refractivity contribution in [2.24, 2.45) is 0 Å². The zero-order valence-electron chi connectivity index (χ0n) is 16.3. The average Bonchev–Trinajstić information content (AvgIpc) is 2.78. The van der Waals surface area contributed by atoms with Gasteiger partial charge in [0.1, 0.15) is 6.04 Å². The first kappa shape index (κ1) is 24.3. The number of carboxylic acid groups (broad SMARTS) is 1. The maximum atomic E-state index is 13.9. The van der Waals surface area contributed by atoms with Crippen LogP contribution in [-0.2, 0) is 11.2 Å². The van der Waals surface area contributed by atoms with Crippen LogP contribution in [0, 0.1) is 23.3 Å². The van der Waals surface area contributed by atoms with Crippen molar-refractivity contribution in [1.29, 1.82) is 0 Å². The van der Waals surface area contributed by atoms with Gasteiger partial charge in [0.15, 0.2) is 23.3 Å². The second kappa shape index (κ2) is 10.1. The van der Waals surface area contributed by atoms with Crippen molar-refractivity contribution < 1.29 is 32.3 Å². The van der Waals surface area contributed by atoms with Crippen molar-refractivity contribution in [1.82, 2.24) is 4.98 Å². The number of benzene rings is 2. The fourth-order valence-electron chi connectivity index (χ4n) is 2.81. The van der Waals surface area contributed by atoms with Crippen molar-refractivity contribution in [2.45, 2.75) is 12.5 Å². The Bertz CT molecular complexity index is 1210. The lowest BCUT2D eigenvalue weighted by Crippen LogP contribution is -2.32. The minimum absolute atomic E-state index is 0.128. The van der Waals surface area contributed by atoms with E-state index < -0.39 is 46.9 Å². The molecule has 1 aromatic heterocycles. The molecule has 1 atom stereocenters. The molecule has 3 rings (SSSR count). The van der Waals surface area contributed by atoms with Crippen LogP contribution in [0.3, 0.4) is 0 Å². The molecule has 172 valence electrons. The second-order valence-corrected chi connectivity index (χ2v) is 7.53. The van der Waals surface area contributed by atoms with E-state index in [0.29, 0.717) is 11.6 Å². The van der Waals surface area contributed by atoms with Crippen molar-refractivity contribution in [3.8, 4) is 0 Å². The summed E-state index contributed by atoms with van der Waals surface area (Å²) in [6.45, 7) is 0. The van der Waals surface area contributed by atoms with Crippen molar-refractivity contribution >= 4 is 46.5 Å². The van der Waals surface area contributed by atoms with Gasteiger partial charge in [-0.2, -0.15) is 0 Å². The summed E-state index contributed by atoms with van der Waals surface area (Å²) in [6.07, 6.45) is 2.35. The quantitative estimate of drug-likeness (QED) is 0.232. The highest BCUT2D eigenvalue weighted by Crippen LogP contribution is 2.29. The number of aliphatic carboxylic acids is 1. The van der Waals surface area contributed by atoms with E-state index in [2.05, 4.69) is 15.6 Å². The van der Waals surface area contributed by atoms with E-state index in [1.165, 1.54) is 36.7 Å². The van der Waals surface area contributed by atoms with Gasteiger partial charge in [-0.05, 0) is 17.7 Å². The standard InChI is InChI=1S/C21H13Cl2F4N3O3/c22-11-7-28-8-12(23)19(11)30-20(31)10-3-1-9(2-4-10)5-15(21(32)33)29-14-6-13(24)16(25)18(27)17(14)26/h1-4,6-8,15,29H,5H2,(H,32,33)(H,28,30,31). The van der Waals surface area contributed by atoms with Gasteiger partial charge in [0.25, 0.3) is 5.91 Å². The molecular weight excluding hydrogens is 489 g/mol. The topological polar surface area (TPSA) is 91.3 Å². The van der Waals surface area contributed by atoms with Gasteiger partial charge in [-0.1, -0.05) is 35.3 Å². The summed E-state index contributed by atoms with van der Waals surface area (Å²) in [7, 11) is 0. The first-order chi connectivity index (χ1) is 15.6. The number of carbonyl (C=O) groups is 2. The van der Waals surface area contributed by atoms with Gasteiger partial charge in [0.2, 0.25) is 0 Å². The first-order valence-electron chi connectivity index (χ1n) is 9.10. The van der Waals surface area contributed by atoms with Gasteiger partial charge in [-0.15, -0.1) is 0 Å². The summed E-state index contributed by atoms with van der Waals surface area (Å²) in [5.41, 5.74) is -0.0922. The number of hydrogen-bond acceptors (Lipinski definition) is 4. The van der Waals surface area contributed by atoms with Crippen molar-refractivity contribution in [3.63, 3.8) is 0 Å². The Morgan fingerprint density at radius 1 is 0.970 bits per heavy atom. The molecule has 0 aliphatic rings. The van der Waals surface area contributed by atoms with E-state index in [1.807, 2.05) is 0 Å². The summed E-state index contributed by atoms with van der Waals surface area (Å²) < 4.78 is 53.8. The molecule has 12 heteroatoms. The molecule has 1 heterocycles. The lowest BCUT2D eigenvalue weighted by Gasteiger charge is -2.17. The molecule has 0 radical (unpaired) electrons. The van der Waals surface area contributed by atoms with Crippen LogP contribution in [0.1, 0.15) is 15.9 Å². The maximum absolute atomic E-state index is 13.9. The molecule has 33 heavy (non-hydrogen) atoms. The minimum atomic E-state index is -2.06. The highest BCUT2D eigenvalue weighted by molar-refractivity contribution is 6.39. The molecule has 1 unspecified atom stereocenters. The lowest BCUT2D eigenvalue weighted by molar-refractivity contribution is -0.137. The van der Waals surface area contributed by atoms with Crippen LogP contribution in [-0.4, -0.2) is 28.0 Å². The summed E-state index contributed by atoms with van der Waals surface area (Å²) in [6, 6.07) is 4.47. The molecule has 0 fully saturated rings. The molecule has 6 nitrogen and oxygen atoms in total. The Morgan fingerprint density at radius 2 is 1.58 bits per heavy atom. The number of amides is 1. The Kier molecular flexibility index (Phi) is 7.39. The maximum Gasteiger partial charge on any atom is 0.326 e. The number of rotatable bonds is 7. The number of hydrogen-bond donors (Lipinski definition) is 3. The van der Waals surface area contributed by atoms with Gasteiger partial charge >= 0.3 is 5.97 Å². The molecule has 3 aromatic rings. The normalized spacial score (nSPS) is 11.7. The van der Waals surface area contributed by atoms with E-state index in [9.17, 15) is 32.3 Å². The van der Waals surface area contributed by atoms with Gasteiger partial charge in [-0.25, -0.2) is 22.4 Å². The van der Waals surface area contributed by atoms with Gasteiger partial charge in [0.05, 0.1) is 21.4 Å². The largest absolute Gasteiger partial charge is 0.480 e. The average molecular weight is 502 g/mol. The Labute approximate surface area is 194 Å². The highest BCUT2D eigenvalue weighted by atomic mass is 35.5. The number of halogens is 6. The van der Waals surface area contributed by atoms with Crippen LogP contribution in [0.25, 0.3) is 0 Å². The van der Waals surface area contributed by atoms with E-state index in [0.717, 1.165) is 0 Å². The van der Waals surface area contributed by atoms with Crippen LogP contribution in [0.4, 0.5) is 28.9 Å². The Hall–Kier alpha value is -3.37. The molecule has 0 aliphatic heterocycles. The molecule has 0 saturated carbocycles. The fourth-order valence-corrected chi connectivity index (χ4v) is 3.27. The second-order valence-electron chi connectivity index (χ2n) is 6.72. The molecule has 2 aromatic carbocycles. The summed E-state index contributed by atoms with van der Waals surface area (Å²) in [5, 5.41) is 14.3. The zero-order valence-corrected chi connectivity index (χ0v) is 17.8.